The summed E-state index contributed by atoms with van der Waals surface area (Å²) in [5.41, 5.74) is 1.87. The van der Waals surface area contributed by atoms with E-state index in [1.807, 2.05) is 0 Å². The molecule has 0 aliphatic rings. The molecule has 22 heavy (non-hydrogen) atoms. The summed E-state index contributed by atoms with van der Waals surface area (Å²) in [6.07, 6.45) is 0. The number of rotatable bonds is 5. The third-order valence-corrected chi connectivity index (χ3v) is 5.57. The first-order valence-electron chi connectivity index (χ1n) is 6.42. The monoisotopic (exact) mass is 334 g/mol. The van der Waals surface area contributed by atoms with Gasteiger partial charge in [-0.15, -0.1) is 0 Å². The van der Waals surface area contributed by atoms with Crippen LogP contribution in [0.3, 0.4) is 0 Å². The van der Waals surface area contributed by atoms with Crippen LogP contribution in [0.4, 0.5) is 0 Å². The Labute approximate surface area is 136 Å². The van der Waals surface area contributed by atoms with Crippen LogP contribution in [0.15, 0.2) is 46.2 Å². The van der Waals surface area contributed by atoms with Crippen LogP contribution in [0, 0.1) is 13.8 Å². The number of hydrogen-bond acceptors (Lipinski definition) is 4. The lowest BCUT2D eigenvalue weighted by atomic mass is 10.1. The van der Waals surface area contributed by atoms with Crippen LogP contribution < -0.4 is 0 Å². The highest BCUT2D eigenvalue weighted by molar-refractivity contribution is 8.76. The van der Waals surface area contributed by atoms with Crippen molar-refractivity contribution >= 4 is 33.5 Å². The van der Waals surface area contributed by atoms with Gasteiger partial charge in [0.15, 0.2) is 0 Å². The van der Waals surface area contributed by atoms with Gasteiger partial charge >= 0.3 is 11.9 Å². The van der Waals surface area contributed by atoms with Gasteiger partial charge in [0, 0.05) is 9.79 Å². The van der Waals surface area contributed by atoms with Gasteiger partial charge in [-0.3, -0.25) is 0 Å². The first kappa shape index (κ1) is 16.5. The second kappa shape index (κ2) is 6.89. The predicted octanol–water partition coefficient (Wildman–Crippen LogP) is 4.50. The fourth-order valence-electron chi connectivity index (χ4n) is 2.06. The third kappa shape index (κ3) is 3.45. The van der Waals surface area contributed by atoms with E-state index in [1.165, 1.54) is 21.6 Å². The molecule has 0 amide bonds. The number of hydrogen-bond donors (Lipinski definition) is 2. The van der Waals surface area contributed by atoms with Crippen molar-refractivity contribution in [2.24, 2.45) is 0 Å². The maximum Gasteiger partial charge on any atom is 0.337 e. The highest BCUT2D eigenvalue weighted by Gasteiger charge is 2.17. The van der Waals surface area contributed by atoms with Gasteiger partial charge < -0.3 is 10.2 Å². The average molecular weight is 334 g/mol. The van der Waals surface area contributed by atoms with Gasteiger partial charge in [-0.2, -0.15) is 0 Å². The Morgan fingerprint density at radius 2 is 1.14 bits per heavy atom. The lowest BCUT2D eigenvalue weighted by molar-refractivity contribution is 0.0681. The molecule has 114 valence electrons. The quantitative estimate of drug-likeness (QED) is 0.784. The van der Waals surface area contributed by atoms with Gasteiger partial charge in [0.05, 0.1) is 11.1 Å². The summed E-state index contributed by atoms with van der Waals surface area (Å²) in [6.45, 7) is 3.49. The van der Waals surface area contributed by atoms with E-state index in [9.17, 15) is 19.8 Å². The molecule has 6 heteroatoms. The zero-order valence-corrected chi connectivity index (χ0v) is 13.6. The minimum absolute atomic E-state index is 0.254. The highest BCUT2D eigenvalue weighted by atomic mass is 33.1. The molecule has 4 nitrogen and oxygen atoms in total. The lowest BCUT2D eigenvalue weighted by Gasteiger charge is -2.10. The number of carbonyl (C=O) groups is 2. The molecule has 0 saturated carbocycles. The van der Waals surface area contributed by atoms with Gasteiger partial charge in [0.2, 0.25) is 0 Å². The largest absolute Gasteiger partial charge is 0.478 e. The van der Waals surface area contributed by atoms with Crippen LogP contribution in [0.2, 0.25) is 0 Å². The van der Waals surface area contributed by atoms with Crippen molar-refractivity contribution in [3.8, 4) is 0 Å². The Balaban J connectivity index is 2.33. The van der Waals surface area contributed by atoms with E-state index in [-0.39, 0.29) is 11.1 Å². The SMILES string of the molecule is Cc1cccc(SSc2cccc(C)c2C(=O)O)c1C(=O)O. The van der Waals surface area contributed by atoms with Gasteiger partial charge in [0.25, 0.3) is 0 Å². The molecular formula is C16H14O4S2. The number of aromatic carboxylic acids is 2. The smallest absolute Gasteiger partial charge is 0.337 e. The van der Waals surface area contributed by atoms with Crippen LogP contribution >= 0.6 is 21.6 Å². The Hall–Kier alpha value is -1.92. The molecule has 0 radical (unpaired) electrons. The number of aryl methyl sites for hydroxylation is 2. The van der Waals surface area contributed by atoms with Gasteiger partial charge in [-0.25, -0.2) is 9.59 Å². The molecule has 0 aliphatic heterocycles. The van der Waals surface area contributed by atoms with E-state index in [1.54, 1.807) is 50.2 Å². The molecule has 0 aliphatic carbocycles. The summed E-state index contributed by atoms with van der Waals surface area (Å²) in [6, 6.07) is 10.5. The Kier molecular flexibility index (Phi) is 5.15. The van der Waals surface area contributed by atoms with Crippen molar-refractivity contribution in [1.82, 2.24) is 0 Å². The van der Waals surface area contributed by atoms with E-state index in [4.69, 9.17) is 0 Å². The maximum absolute atomic E-state index is 11.4. The van der Waals surface area contributed by atoms with E-state index in [2.05, 4.69) is 0 Å². The molecule has 0 spiro atoms. The molecular weight excluding hydrogens is 320 g/mol. The molecule has 0 heterocycles. The molecule has 2 aromatic rings. The van der Waals surface area contributed by atoms with Crippen molar-refractivity contribution in [1.29, 1.82) is 0 Å². The molecule has 0 atom stereocenters. The van der Waals surface area contributed by atoms with E-state index in [0.29, 0.717) is 20.9 Å². The number of carboxylic acids is 2. The molecule has 0 unspecified atom stereocenters. The van der Waals surface area contributed by atoms with Crippen molar-refractivity contribution in [2.75, 3.05) is 0 Å². The summed E-state index contributed by atoms with van der Waals surface area (Å²) in [5.74, 6) is -1.96. The summed E-state index contributed by atoms with van der Waals surface area (Å²) in [4.78, 5) is 23.9. The number of carboxylic acid groups (broad SMARTS) is 2. The lowest BCUT2D eigenvalue weighted by Crippen LogP contribution is -2.02. The highest BCUT2D eigenvalue weighted by Crippen LogP contribution is 2.41. The van der Waals surface area contributed by atoms with Crippen LogP contribution in [-0.4, -0.2) is 22.2 Å². The van der Waals surface area contributed by atoms with Crippen molar-refractivity contribution in [3.63, 3.8) is 0 Å². The zero-order chi connectivity index (χ0) is 16.3. The zero-order valence-electron chi connectivity index (χ0n) is 12.0. The van der Waals surface area contributed by atoms with Crippen LogP contribution in [0.1, 0.15) is 31.8 Å². The van der Waals surface area contributed by atoms with Gasteiger partial charge in [-0.05, 0) is 37.1 Å². The second-order valence-electron chi connectivity index (χ2n) is 4.67. The van der Waals surface area contributed by atoms with E-state index >= 15 is 0 Å². The van der Waals surface area contributed by atoms with Crippen molar-refractivity contribution in [3.05, 3.63) is 58.7 Å². The first-order valence-corrected chi connectivity index (χ1v) is 8.57. The fourth-order valence-corrected chi connectivity index (χ4v) is 4.54. The minimum Gasteiger partial charge on any atom is -0.478 e. The van der Waals surface area contributed by atoms with E-state index < -0.39 is 11.9 Å². The topological polar surface area (TPSA) is 74.6 Å². The fraction of sp³-hybridized carbons (Fsp3) is 0.125. The Morgan fingerprint density at radius 3 is 1.45 bits per heavy atom. The van der Waals surface area contributed by atoms with E-state index in [0.717, 1.165) is 0 Å². The molecule has 2 rings (SSSR count). The normalized spacial score (nSPS) is 10.5. The van der Waals surface area contributed by atoms with Crippen molar-refractivity contribution in [2.45, 2.75) is 23.6 Å². The van der Waals surface area contributed by atoms with Crippen molar-refractivity contribution < 1.29 is 19.8 Å². The summed E-state index contributed by atoms with van der Waals surface area (Å²) >= 11 is 0. The second-order valence-corrected chi connectivity index (χ2v) is 6.89. The van der Waals surface area contributed by atoms with Crippen LogP contribution in [0.25, 0.3) is 0 Å². The number of benzene rings is 2. The molecule has 0 saturated heterocycles. The molecule has 2 aromatic carbocycles. The Morgan fingerprint density at radius 1 is 0.773 bits per heavy atom. The van der Waals surface area contributed by atoms with Gasteiger partial charge in [0.1, 0.15) is 0 Å². The summed E-state index contributed by atoms with van der Waals surface area (Å²) in [5, 5.41) is 18.6. The molecule has 0 bridgehead atoms. The summed E-state index contributed by atoms with van der Waals surface area (Å²) in [7, 11) is 2.51. The first-order chi connectivity index (χ1) is 10.4. The third-order valence-electron chi connectivity index (χ3n) is 3.12. The molecule has 0 fully saturated rings. The van der Waals surface area contributed by atoms with Crippen LogP contribution in [0.5, 0.6) is 0 Å². The van der Waals surface area contributed by atoms with Gasteiger partial charge in [-0.1, -0.05) is 45.9 Å². The minimum atomic E-state index is -0.982. The molecule has 2 N–H and O–H groups in total. The summed E-state index contributed by atoms with van der Waals surface area (Å²) < 4.78 is 0. The predicted molar refractivity (Wildman–Crippen MR) is 88.0 cm³/mol. The maximum atomic E-state index is 11.4. The Bertz CT molecular complexity index is 677. The standard InChI is InChI=1S/C16H14O4S2/c1-9-5-3-7-11(13(9)15(17)18)21-22-12-8-4-6-10(2)14(12)16(19)20/h3-8H,1-2H3,(H,17,18)(H,19,20). The molecule has 0 aromatic heterocycles. The average Bonchev–Trinajstić information content (AvgIpc) is 2.44. The van der Waals surface area contributed by atoms with Crippen LogP contribution in [-0.2, 0) is 0 Å².